The number of nitrogens with one attached hydrogen (secondary N) is 1. The zero-order chi connectivity index (χ0) is 32.7. The van der Waals surface area contributed by atoms with Crippen LogP contribution in [-0.4, -0.2) is 43.8 Å². The smallest absolute Gasteiger partial charge is 0.264 e. The molecule has 1 N–H and O–H groups in total. The van der Waals surface area contributed by atoms with Gasteiger partial charge in [0.25, 0.3) is 10.0 Å². The maximum absolute atomic E-state index is 14.5. The fraction of sp³-hybridized carbons (Fsp3) is 0.257. The summed E-state index contributed by atoms with van der Waals surface area (Å²) >= 11 is 12.6. The molecule has 0 unspecified atom stereocenters. The van der Waals surface area contributed by atoms with Crippen molar-refractivity contribution in [3.05, 3.63) is 129 Å². The Balaban J connectivity index is 1.84. The average Bonchev–Trinajstić information content (AvgIpc) is 2.99. The van der Waals surface area contributed by atoms with Gasteiger partial charge < -0.3 is 10.2 Å². The highest BCUT2D eigenvalue weighted by molar-refractivity contribution is 7.92. The van der Waals surface area contributed by atoms with Gasteiger partial charge in [0.15, 0.2) is 0 Å². The molecule has 1 atom stereocenters. The normalized spacial score (nSPS) is 12.1. The number of benzene rings is 4. The Morgan fingerprint density at radius 2 is 1.44 bits per heavy atom. The van der Waals surface area contributed by atoms with Crippen molar-refractivity contribution >= 4 is 50.7 Å². The molecule has 0 saturated heterocycles. The van der Waals surface area contributed by atoms with E-state index in [2.05, 4.69) is 5.32 Å². The Labute approximate surface area is 275 Å². The molecular formula is C35H37Cl2N3O4S. The van der Waals surface area contributed by atoms with Gasteiger partial charge in [-0.3, -0.25) is 13.9 Å². The SMILES string of the molecule is Cc1ccc(S(=O)(=O)N(CC(=O)N(Cc2cccc(Cl)c2)[C@@H](Cc2ccccc2)C(=O)NC(C)C)c2cc(Cl)ccc2C)cc1. The predicted molar refractivity (Wildman–Crippen MR) is 181 cm³/mol. The second kappa shape index (κ2) is 15.0. The number of rotatable bonds is 12. The quantitative estimate of drug-likeness (QED) is 0.177. The molecule has 0 aliphatic rings. The van der Waals surface area contributed by atoms with Crippen LogP contribution in [0.4, 0.5) is 5.69 Å². The molecule has 0 radical (unpaired) electrons. The maximum atomic E-state index is 14.5. The Kier molecular flexibility index (Phi) is 11.3. The first kappa shape index (κ1) is 34.0. The summed E-state index contributed by atoms with van der Waals surface area (Å²) in [6, 6.07) is 26.6. The van der Waals surface area contributed by atoms with Gasteiger partial charge in [0.2, 0.25) is 11.8 Å². The van der Waals surface area contributed by atoms with E-state index in [1.807, 2.05) is 57.2 Å². The number of carbonyl (C=O) groups is 2. The summed E-state index contributed by atoms with van der Waals surface area (Å²) in [6.45, 7) is 6.76. The monoisotopic (exact) mass is 665 g/mol. The largest absolute Gasteiger partial charge is 0.352 e. The van der Waals surface area contributed by atoms with E-state index >= 15 is 0 Å². The van der Waals surface area contributed by atoms with E-state index in [1.165, 1.54) is 23.1 Å². The number of aryl methyl sites for hydroxylation is 2. The van der Waals surface area contributed by atoms with Crippen LogP contribution in [0.15, 0.2) is 102 Å². The molecule has 0 bridgehead atoms. The van der Waals surface area contributed by atoms with Crippen LogP contribution in [0.5, 0.6) is 0 Å². The standard InChI is InChI=1S/C35H37Cl2N3O4S/c1-24(2)38-35(42)33(20-27-9-6-5-7-10-27)39(22-28-11-8-12-29(36)19-28)34(41)23-40(32-21-30(37)16-15-26(32)4)45(43,44)31-17-13-25(3)14-18-31/h5-19,21,24,33H,20,22-23H2,1-4H3,(H,38,42)/t33-/m0/s1. The fourth-order valence-electron chi connectivity index (χ4n) is 4.97. The minimum atomic E-state index is -4.24. The van der Waals surface area contributed by atoms with Gasteiger partial charge >= 0.3 is 0 Å². The van der Waals surface area contributed by atoms with Crippen molar-refractivity contribution in [3.63, 3.8) is 0 Å². The van der Waals surface area contributed by atoms with Crippen molar-refractivity contribution in [2.45, 2.75) is 57.6 Å². The first-order valence-electron chi connectivity index (χ1n) is 14.6. The molecule has 2 amide bonds. The lowest BCUT2D eigenvalue weighted by molar-refractivity contribution is -0.140. The van der Waals surface area contributed by atoms with Crippen molar-refractivity contribution in [1.82, 2.24) is 10.2 Å². The summed E-state index contributed by atoms with van der Waals surface area (Å²) < 4.78 is 29.5. The third kappa shape index (κ3) is 8.87. The van der Waals surface area contributed by atoms with Crippen molar-refractivity contribution in [3.8, 4) is 0 Å². The van der Waals surface area contributed by atoms with E-state index < -0.39 is 28.5 Å². The van der Waals surface area contributed by atoms with Gasteiger partial charge in [0.1, 0.15) is 12.6 Å². The molecule has 0 spiro atoms. The average molecular weight is 667 g/mol. The van der Waals surface area contributed by atoms with Gasteiger partial charge in [0, 0.05) is 29.1 Å². The summed E-state index contributed by atoms with van der Waals surface area (Å²) in [7, 11) is -4.24. The molecule has 236 valence electrons. The molecular weight excluding hydrogens is 629 g/mol. The highest BCUT2D eigenvalue weighted by Crippen LogP contribution is 2.30. The highest BCUT2D eigenvalue weighted by atomic mass is 35.5. The molecule has 0 aromatic heterocycles. The van der Waals surface area contributed by atoms with Crippen LogP contribution in [0.1, 0.15) is 36.1 Å². The summed E-state index contributed by atoms with van der Waals surface area (Å²) in [6.07, 6.45) is 0.215. The summed E-state index contributed by atoms with van der Waals surface area (Å²) in [5.41, 5.74) is 3.31. The lowest BCUT2D eigenvalue weighted by atomic mass is 10.0. The van der Waals surface area contributed by atoms with E-state index in [4.69, 9.17) is 23.2 Å². The van der Waals surface area contributed by atoms with Crippen LogP contribution in [0, 0.1) is 13.8 Å². The van der Waals surface area contributed by atoms with Gasteiger partial charge in [-0.05, 0) is 80.8 Å². The molecule has 0 heterocycles. The third-order valence-corrected chi connectivity index (χ3v) is 9.52. The first-order valence-corrected chi connectivity index (χ1v) is 16.8. The van der Waals surface area contributed by atoms with Crippen molar-refractivity contribution in [2.75, 3.05) is 10.8 Å². The predicted octanol–water partition coefficient (Wildman–Crippen LogP) is 6.97. The van der Waals surface area contributed by atoms with Crippen LogP contribution in [0.3, 0.4) is 0 Å². The van der Waals surface area contributed by atoms with Gasteiger partial charge in [0.05, 0.1) is 10.6 Å². The number of hydrogen-bond donors (Lipinski definition) is 1. The van der Waals surface area contributed by atoms with Crippen LogP contribution < -0.4 is 9.62 Å². The lowest BCUT2D eigenvalue weighted by Crippen LogP contribution is -2.54. The molecule has 45 heavy (non-hydrogen) atoms. The van der Waals surface area contributed by atoms with Gasteiger partial charge in [-0.2, -0.15) is 0 Å². The Hall–Kier alpha value is -3.85. The second-order valence-electron chi connectivity index (χ2n) is 11.3. The number of carbonyl (C=O) groups excluding carboxylic acids is 2. The molecule has 0 saturated carbocycles. The molecule has 4 aromatic carbocycles. The molecule has 4 rings (SSSR count). The number of halogens is 2. The molecule has 0 aliphatic heterocycles. The van der Waals surface area contributed by atoms with E-state index in [9.17, 15) is 18.0 Å². The summed E-state index contributed by atoms with van der Waals surface area (Å²) in [4.78, 5) is 29.8. The second-order valence-corrected chi connectivity index (χ2v) is 14.0. The molecule has 0 fully saturated rings. The lowest BCUT2D eigenvalue weighted by Gasteiger charge is -2.34. The fourth-order valence-corrected chi connectivity index (χ4v) is 6.82. The Morgan fingerprint density at radius 3 is 2.09 bits per heavy atom. The number of amides is 2. The van der Waals surface area contributed by atoms with Crippen molar-refractivity contribution < 1.29 is 18.0 Å². The maximum Gasteiger partial charge on any atom is 0.264 e. The van der Waals surface area contributed by atoms with E-state index in [-0.39, 0.29) is 35.5 Å². The molecule has 7 nitrogen and oxygen atoms in total. The molecule has 0 aliphatic carbocycles. The minimum Gasteiger partial charge on any atom is -0.352 e. The van der Waals surface area contributed by atoms with Crippen LogP contribution in [-0.2, 0) is 32.6 Å². The molecule has 4 aromatic rings. The zero-order valence-electron chi connectivity index (χ0n) is 25.7. The van der Waals surface area contributed by atoms with Gasteiger partial charge in [-0.25, -0.2) is 8.42 Å². The van der Waals surface area contributed by atoms with E-state index in [0.29, 0.717) is 21.2 Å². The van der Waals surface area contributed by atoms with Crippen molar-refractivity contribution in [1.29, 1.82) is 0 Å². The van der Waals surface area contributed by atoms with E-state index in [0.717, 1.165) is 15.4 Å². The third-order valence-electron chi connectivity index (χ3n) is 7.27. The number of anilines is 1. The van der Waals surface area contributed by atoms with Gasteiger partial charge in [-0.15, -0.1) is 0 Å². The first-order chi connectivity index (χ1) is 21.3. The minimum absolute atomic E-state index is 0.0232. The summed E-state index contributed by atoms with van der Waals surface area (Å²) in [5, 5.41) is 3.75. The van der Waals surface area contributed by atoms with E-state index in [1.54, 1.807) is 49.4 Å². The topological polar surface area (TPSA) is 86.8 Å². The zero-order valence-corrected chi connectivity index (χ0v) is 28.0. The van der Waals surface area contributed by atoms with Crippen LogP contribution in [0.25, 0.3) is 0 Å². The Bertz CT molecular complexity index is 1750. The van der Waals surface area contributed by atoms with Crippen molar-refractivity contribution in [2.24, 2.45) is 0 Å². The van der Waals surface area contributed by atoms with Crippen LogP contribution >= 0.6 is 23.2 Å². The highest BCUT2D eigenvalue weighted by Gasteiger charge is 2.35. The van der Waals surface area contributed by atoms with Gasteiger partial charge in [-0.1, -0.05) is 89.4 Å². The molecule has 10 heteroatoms. The summed E-state index contributed by atoms with van der Waals surface area (Å²) in [5.74, 6) is -0.916. The number of nitrogens with zero attached hydrogens (tertiary/aromatic N) is 2. The number of hydrogen-bond acceptors (Lipinski definition) is 4. The Morgan fingerprint density at radius 1 is 0.800 bits per heavy atom. The number of sulfonamides is 1. The van der Waals surface area contributed by atoms with Crippen LogP contribution in [0.2, 0.25) is 10.0 Å².